The fourth-order valence-electron chi connectivity index (χ4n) is 2.70. The van der Waals surface area contributed by atoms with Crippen LogP contribution in [0, 0.1) is 6.92 Å². The SMILES string of the molecule is CCOC(=O)c1ccc(NCc2ccc(OCc3ccc(C)cc3)cc2)cc1. The summed E-state index contributed by atoms with van der Waals surface area (Å²) in [7, 11) is 0. The quantitative estimate of drug-likeness (QED) is 0.538. The largest absolute Gasteiger partial charge is 0.489 e. The van der Waals surface area contributed by atoms with Gasteiger partial charge >= 0.3 is 5.97 Å². The fraction of sp³-hybridized carbons (Fsp3) is 0.208. The Hall–Kier alpha value is -3.27. The first-order chi connectivity index (χ1) is 13.6. The molecule has 0 aliphatic rings. The number of hydrogen-bond acceptors (Lipinski definition) is 4. The first-order valence-electron chi connectivity index (χ1n) is 9.42. The van der Waals surface area contributed by atoms with Gasteiger partial charge < -0.3 is 14.8 Å². The van der Waals surface area contributed by atoms with Crippen LogP contribution in [0.2, 0.25) is 0 Å². The summed E-state index contributed by atoms with van der Waals surface area (Å²) in [6.07, 6.45) is 0. The second-order valence-electron chi connectivity index (χ2n) is 6.57. The van der Waals surface area contributed by atoms with Crippen molar-refractivity contribution in [2.24, 2.45) is 0 Å². The zero-order valence-electron chi connectivity index (χ0n) is 16.3. The Balaban J connectivity index is 1.48. The van der Waals surface area contributed by atoms with Crippen LogP contribution >= 0.6 is 0 Å². The molecule has 0 amide bonds. The number of carbonyl (C=O) groups is 1. The van der Waals surface area contributed by atoms with Gasteiger partial charge in [0.1, 0.15) is 12.4 Å². The molecule has 0 saturated heterocycles. The first-order valence-corrected chi connectivity index (χ1v) is 9.42. The lowest BCUT2D eigenvalue weighted by Crippen LogP contribution is -2.05. The predicted molar refractivity (Wildman–Crippen MR) is 112 cm³/mol. The molecule has 28 heavy (non-hydrogen) atoms. The summed E-state index contributed by atoms with van der Waals surface area (Å²) in [5.41, 5.74) is 5.06. The van der Waals surface area contributed by atoms with Gasteiger partial charge in [0.15, 0.2) is 0 Å². The molecule has 0 bridgehead atoms. The zero-order valence-corrected chi connectivity index (χ0v) is 16.3. The first kappa shape index (κ1) is 19.5. The van der Waals surface area contributed by atoms with E-state index < -0.39 is 0 Å². The van der Waals surface area contributed by atoms with Gasteiger partial charge in [-0.1, -0.05) is 42.0 Å². The Bertz CT molecular complexity index is 885. The van der Waals surface area contributed by atoms with Crippen LogP contribution in [0.1, 0.15) is 34.0 Å². The van der Waals surface area contributed by atoms with Crippen LogP contribution in [-0.4, -0.2) is 12.6 Å². The van der Waals surface area contributed by atoms with Gasteiger partial charge in [-0.05, 0) is 61.4 Å². The number of anilines is 1. The Kier molecular flexibility index (Phi) is 6.68. The minimum Gasteiger partial charge on any atom is -0.489 e. The molecule has 0 heterocycles. The summed E-state index contributed by atoms with van der Waals surface area (Å²) >= 11 is 0. The number of nitrogens with one attached hydrogen (secondary N) is 1. The normalized spacial score (nSPS) is 10.4. The number of esters is 1. The van der Waals surface area contributed by atoms with Crippen molar-refractivity contribution >= 4 is 11.7 Å². The zero-order chi connectivity index (χ0) is 19.8. The van der Waals surface area contributed by atoms with Crippen molar-refractivity contribution in [2.75, 3.05) is 11.9 Å². The molecule has 4 heteroatoms. The third-order valence-corrected chi connectivity index (χ3v) is 4.34. The number of benzene rings is 3. The van der Waals surface area contributed by atoms with Crippen molar-refractivity contribution in [3.63, 3.8) is 0 Å². The monoisotopic (exact) mass is 375 g/mol. The molecule has 0 saturated carbocycles. The molecular formula is C24H25NO3. The van der Waals surface area contributed by atoms with E-state index in [4.69, 9.17) is 9.47 Å². The lowest BCUT2D eigenvalue weighted by atomic mass is 10.1. The highest BCUT2D eigenvalue weighted by Crippen LogP contribution is 2.16. The molecule has 0 aromatic heterocycles. The molecule has 4 nitrogen and oxygen atoms in total. The van der Waals surface area contributed by atoms with Gasteiger partial charge in [-0.2, -0.15) is 0 Å². The fourth-order valence-corrected chi connectivity index (χ4v) is 2.70. The van der Waals surface area contributed by atoms with Gasteiger partial charge in [0, 0.05) is 12.2 Å². The maximum atomic E-state index is 11.7. The second-order valence-corrected chi connectivity index (χ2v) is 6.57. The maximum Gasteiger partial charge on any atom is 0.338 e. The van der Waals surface area contributed by atoms with Crippen molar-refractivity contribution in [2.45, 2.75) is 27.0 Å². The molecule has 3 aromatic carbocycles. The minimum absolute atomic E-state index is 0.296. The van der Waals surface area contributed by atoms with Crippen molar-refractivity contribution in [1.82, 2.24) is 0 Å². The molecular weight excluding hydrogens is 350 g/mol. The van der Waals surface area contributed by atoms with E-state index in [0.717, 1.165) is 22.6 Å². The Morgan fingerprint density at radius 3 is 2.14 bits per heavy atom. The summed E-state index contributed by atoms with van der Waals surface area (Å²) in [5, 5.41) is 3.35. The third kappa shape index (κ3) is 5.61. The van der Waals surface area contributed by atoms with Crippen molar-refractivity contribution in [1.29, 1.82) is 0 Å². The molecule has 0 atom stereocenters. The molecule has 0 aliphatic heterocycles. The summed E-state index contributed by atoms with van der Waals surface area (Å²) in [5.74, 6) is 0.554. The van der Waals surface area contributed by atoms with E-state index in [2.05, 4.69) is 36.5 Å². The molecule has 144 valence electrons. The number of carbonyl (C=O) groups excluding carboxylic acids is 1. The standard InChI is InChI=1S/C24H25NO3/c1-3-27-24(26)21-10-12-22(13-11-21)25-16-19-8-14-23(15-9-19)28-17-20-6-4-18(2)5-7-20/h4-15,25H,3,16-17H2,1-2H3. The van der Waals surface area contributed by atoms with Crippen LogP contribution in [0.15, 0.2) is 72.8 Å². The summed E-state index contributed by atoms with van der Waals surface area (Å²) in [4.78, 5) is 11.7. The maximum absolute atomic E-state index is 11.7. The second kappa shape index (κ2) is 9.60. The number of hydrogen-bond donors (Lipinski definition) is 1. The highest BCUT2D eigenvalue weighted by Gasteiger charge is 2.05. The van der Waals surface area contributed by atoms with Gasteiger partial charge in [0.2, 0.25) is 0 Å². The van der Waals surface area contributed by atoms with E-state index >= 15 is 0 Å². The van der Waals surface area contributed by atoms with Gasteiger partial charge in [-0.15, -0.1) is 0 Å². The van der Waals surface area contributed by atoms with E-state index in [9.17, 15) is 4.79 Å². The molecule has 0 fully saturated rings. The Morgan fingerprint density at radius 2 is 1.50 bits per heavy atom. The van der Waals surface area contributed by atoms with E-state index in [-0.39, 0.29) is 5.97 Å². The molecule has 0 spiro atoms. The lowest BCUT2D eigenvalue weighted by Gasteiger charge is -2.10. The van der Waals surface area contributed by atoms with Crippen molar-refractivity contribution in [3.05, 3.63) is 95.1 Å². The van der Waals surface area contributed by atoms with Crippen LogP contribution in [-0.2, 0) is 17.9 Å². The molecule has 3 rings (SSSR count). The van der Waals surface area contributed by atoms with Crippen molar-refractivity contribution in [3.8, 4) is 5.75 Å². The van der Waals surface area contributed by atoms with Gasteiger partial charge in [-0.25, -0.2) is 4.79 Å². The molecule has 3 aromatic rings. The molecule has 0 aliphatic carbocycles. The van der Waals surface area contributed by atoms with Gasteiger partial charge in [0.05, 0.1) is 12.2 Å². The van der Waals surface area contributed by atoms with Gasteiger partial charge in [0.25, 0.3) is 0 Å². The average Bonchev–Trinajstić information content (AvgIpc) is 2.73. The molecule has 0 radical (unpaired) electrons. The minimum atomic E-state index is -0.296. The Morgan fingerprint density at radius 1 is 0.857 bits per heavy atom. The molecule has 0 unspecified atom stereocenters. The van der Waals surface area contributed by atoms with Crippen molar-refractivity contribution < 1.29 is 14.3 Å². The molecule has 1 N–H and O–H groups in total. The van der Waals surface area contributed by atoms with E-state index in [1.165, 1.54) is 5.56 Å². The van der Waals surface area contributed by atoms with Gasteiger partial charge in [-0.3, -0.25) is 0 Å². The van der Waals surface area contributed by atoms with Crippen LogP contribution < -0.4 is 10.1 Å². The van der Waals surface area contributed by atoms with Crippen LogP contribution in [0.4, 0.5) is 5.69 Å². The van der Waals surface area contributed by atoms with E-state index in [1.54, 1.807) is 19.1 Å². The summed E-state index contributed by atoms with van der Waals surface area (Å²) < 4.78 is 10.8. The lowest BCUT2D eigenvalue weighted by molar-refractivity contribution is 0.0526. The predicted octanol–water partition coefficient (Wildman–Crippen LogP) is 5.36. The number of rotatable bonds is 8. The van der Waals surface area contributed by atoms with E-state index in [0.29, 0.717) is 25.3 Å². The Labute approximate surface area is 166 Å². The smallest absolute Gasteiger partial charge is 0.338 e. The third-order valence-electron chi connectivity index (χ3n) is 4.34. The van der Waals surface area contributed by atoms with Crippen LogP contribution in [0.3, 0.4) is 0 Å². The highest BCUT2D eigenvalue weighted by molar-refractivity contribution is 5.89. The average molecular weight is 375 g/mol. The summed E-state index contributed by atoms with van der Waals surface area (Å²) in [6.45, 7) is 5.50. The van der Waals surface area contributed by atoms with Crippen LogP contribution in [0.5, 0.6) is 5.75 Å². The summed E-state index contributed by atoms with van der Waals surface area (Å²) in [6, 6.07) is 23.7. The topological polar surface area (TPSA) is 47.6 Å². The number of ether oxygens (including phenoxy) is 2. The highest BCUT2D eigenvalue weighted by atomic mass is 16.5. The van der Waals surface area contributed by atoms with E-state index in [1.807, 2.05) is 36.4 Å². The number of aryl methyl sites for hydroxylation is 1. The van der Waals surface area contributed by atoms with Crippen LogP contribution in [0.25, 0.3) is 0 Å².